The zero-order chi connectivity index (χ0) is 27.9. The minimum atomic E-state index is -0.662. The van der Waals surface area contributed by atoms with E-state index >= 15 is 0 Å². The largest absolute Gasteiger partial charge is 0.445 e. The van der Waals surface area contributed by atoms with Crippen LogP contribution in [0.5, 0.6) is 0 Å². The number of oxime groups is 1. The number of ether oxygens (including phenoxy) is 1. The van der Waals surface area contributed by atoms with E-state index < -0.39 is 12.0 Å². The van der Waals surface area contributed by atoms with E-state index in [1.165, 1.54) is 7.11 Å². The zero-order valence-corrected chi connectivity index (χ0v) is 22.6. The average Bonchev–Trinajstić information content (AvgIpc) is 3.41. The van der Waals surface area contributed by atoms with E-state index in [0.717, 1.165) is 40.8 Å². The number of aryl methyl sites for hydroxylation is 1. The number of pyridine rings is 1. The lowest BCUT2D eigenvalue weighted by Crippen LogP contribution is -2.43. The average molecular weight is 540 g/mol. The molecule has 2 aliphatic rings. The van der Waals surface area contributed by atoms with Gasteiger partial charge in [-0.1, -0.05) is 47.6 Å². The number of carbonyl (C=O) groups is 3. The smallest absolute Gasteiger partial charge is 0.410 e. The Morgan fingerprint density at radius 3 is 2.62 bits per heavy atom. The fourth-order valence-electron chi connectivity index (χ4n) is 5.55. The first kappa shape index (κ1) is 27.2. The molecule has 0 N–H and O–H groups in total. The molecule has 0 bridgehead atoms. The minimum absolute atomic E-state index is 0.0285. The van der Waals surface area contributed by atoms with Crippen LogP contribution in [0.4, 0.5) is 4.79 Å². The summed E-state index contributed by atoms with van der Waals surface area (Å²) < 4.78 is 5.51. The van der Waals surface area contributed by atoms with Gasteiger partial charge in [-0.15, -0.1) is 0 Å². The number of hydrogen-bond acceptors (Lipinski definition) is 7. The molecule has 5 rings (SSSR count). The van der Waals surface area contributed by atoms with Crippen molar-refractivity contribution < 1.29 is 24.0 Å². The summed E-state index contributed by atoms with van der Waals surface area (Å²) in [6.45, 7) is 1.02. The molecule has 0 spiro atoms. The molecule has 2 heterocycles. The van der Waals surface area contributed by atoms with Gasteiger partial charge in [-0.05, 0) is 60.6 Å². The highest BCUT2D eigenvalue weighted by Gasteiger charge is 2.33. The van der Waals surface area contributed by atoms with Crippen LogP contribution in [0.2, 0.25) is 0 Å². The van der Waals surface area contributed by atoms with Crippen LogP contribution < -0.4 is 0 Å². The second-order valence-electron chi connectivity index (χ2n) is 10.3. The van der Waals surface area contributed by atoms with Crippen LogP contribution in [0.3, 0.4) is 0 Å². The third-order valence-electron chi connectivity index (χ3n) is 7.71. The number of benzene rings is 2. The molecular formula is C32H33N3O5. The highest BCUT2D eigenvalue weighted by atomic mass is 16.6. The van der Waals surface area contributed by atoms with Crippen molar-refractivity contribution in [2.75, 3.05) is 20.2 Å². The maximum absolute atomic E-state index is 13.7. The quantitative estimate of drug-likeness (QED) is 0.268. The van der Waals surface area contributed by atoms with Crippen molar-refractivity contribution in [2.45, 2.75) is 44.6 Å². The van der Waals surface area contributed by atoms with Crippen LogP contribution >= 0.6 is 0 Å². The standard InChI is InChI=1S/C32H33N3O5/c1-39-34-29-12-11-23-9-10-25(18-27(23)29)28(31(37)24-13-15-33-16-14-24)19-30(36)26-8-5-17-35(20-26)32(38)40-21-22-6-3-2-4-7-22/h2-4,6-7,9-10,13-16,18,26,28H,5,8,11-12,17,19-21H2,1H3. The maximum atomic E-state index is 13.7. The zero-order valence-electron chi connectivity index (χ0n) is 22.6. The van der Waals surface area contributed by atoms with Crippen LogP contribution in [-0.2, 0) is 27.4 Å². The number of hydrogen-bond donors (Lipinski definition) is 0. The lowest BCUT2D eigenvalue weighted by Gasteiger charge is -2.32. The number of likely N-dealkylation sites (tertiary alicyclic amines) is 1. The molecule has 1 aliphatic carbocycles. The van der Waals surface area contributed by atoms with Crippen molar-refractivity contribution in [1.82, 2.24) is 9.88 Å². The Morgan fingerprint density at radius 2 is 1.85 bits per heavy atom. The normalized spacial score (nSPS) is 18.2. The highest BCUT2D eigenvalue weighted by molar-refractivity contribution is 6.06. The Balaban J connectivity index is 1.32. The van der Waals surface area contributed by atoms with Gasteiger partial charge in [0.2, 0.25) is 0 Å². The van der Waals surface area contributed by atoms with Crippen LogP contribution in [-0.4, -0.2) is 53.5 Å². The molecule has 40 heavy (non-hydrogen) atoms. The summed E-state index contributed by atoms with van der Waals surface area (Å²) in [6, 6.07) is 18.8. The van der Waals surface area contributed by atoms with Gasteiger partial charge in [-0.2, -0.15) is 0 Å². The fourth-order valence-corrected chi connectivity index (χ4v) is 5.55. The second kappa shape index (κ2) is 12.7. The number of aromatic nitrogens is 1. The summed E-state index contributed by atoms with van der Waals surface area (Å²) in [7, 11) is 1.52. The third kappa shape index (κ3) is 6.28. The number of rotatable bonds is 9. The summed E-state index contributed by atoms with van der Waals surface area (Å²) in [5, 5.41) is 4.17. The number of piperidine rings is 1. The lowest BCUT2D eigenvalue weighted by molar-refractivity contribution is -0.124. The predicted molar refractivity (Wildman–Crippen MR) is 150 cm³/mol. The molecule has 0 radical (unpaired) electrons. The van der Waals surface area contributed by atoms with Gasteiger partial charge in [0.1, 0.15) is 19.5 Å². The summed E-state index contributed by atoms with van der Waals surface area (Å²) in [4.78, 5) is 50.9. The number of fused-ring (bicyclic) bond motifs is 1. The van der Waals surface area contributed by atoms with Gasteiger partial charge in [-0.3, -0.25) is 14.6 Å². The molecule has 2 aromatic carbocycles. The minimum Gasteiger partial charge on any atom is -0.445 e. The Hall–Kier alpha value is -4.33. The van der Waals surface area contributed by atoms with Gasteiger partial charge in [0.25, 0.3) is 0 Å². The molecule has 3 aromatic rings. The van der Waals surface area contributed by atoms with Gasteiger partial charge in [0.15, 0.2) is 5.78 Å². The predicted octanol–water partition coefficient (Wildman–Crippen LogP) is 5.35. The molecule has 206 valence electrons. The number of carbonyl (C=O) groups excluding carboxylic acids is 3. The first-order valence-electron chi connectivity index (χ1n) is 13.7. The van der Waals surface area contributed by atoms with Crippen molar-refractivity contribution >= 4 is 23.4 Å². The Kier molecular flexibility index (Phi) is 8.64. The van der Waals surface area contributed by atoms with Gasteiger partial charge >= 0.3 is 6.09 Å². The molecule has 1 saturated heterocycles. The number of ketones is 2. The van der Waals surface area contributed by atoms with Crippen molar-refractivity contribution in [3.8, 4) is 0 Å². The summed E-state index contributed by atoms with van der Waals surface area (Å²) in [5.41, 5.74) is 5.15. The first-order chi connectivity index (χ1) is 19.5. The topological polar surface area (TPSA) is 98.2 Å². The molecule has 1 amide bonds. The molecule has 8 heteroatoms. The number of Topliss-reactive ketones (excluding diaryl/α,β-unsaturated/α-hetero) is 2. The van der Waals surface area contributed by atoms with Crippen LogP contribution in [0.15, 0.2) is 78.2 Å². The molecular weight excluding hydrogens is 506 g/mol. The van der Waals surface area contributed by atoms with Crippen LogP contribution in [0.25, 0.3) is 0 Å². The van der Waals surface area contributed by atoms with Gasteiger partial charge in [-0.25, -0.2) is 4.79 Å². The maximum Gasteiger partial charge on any atom is 0.410 e. The summed E-state index contributed by atoms with van der Waals surface area (Å²) >= 11 is 0. The fraction of sp³-hybridized carbons (Fsp3) is 0.344. The van der Waals surface area contributed by atoms with Crippen LogP contribution in [0.1, 0.15) is 64.2 Å². The van der Waals surface area contributed by atoms with E-state index in [1.54, 1.807) is 29.4 Å². The molecule has 1 fully saturated rings. The molecule has 0 saturated carbocycles. The van der Waals surface area contributed by atoms with Crippen molar-refractivity contribution in [2.24, 2.45) is 11.1 Å². The van der Waals surface area contributed by atoms with E-state index in [-0.39, 0.29) is 37.1 Å². The monoisotopic (exact) mass is 539 g/mol. The number of amides is 1. The van der Waals surface area contributed by atoms with Crippen molar-refractivity contribution in [3.05, 3.63) is 101 Å². The van der Waals surface area contributed by atoms with E-state index in [4.69, 9.17) is 9.57 Å². The third-order valence-corrected chi connectivity index (χ3v) is 7.71. The molecule has 1 aliphatic heterocycles. The van der Waals surface area contributed by atoms with Gasteiger partial charge in [0.05, 0.1) is 11.6 Å². The van der Waals surface area contributed by atoms with E-state index in [9.17, 15) is 14.4 Å². The first-order valence-corrected chi connectivity index (χ1v) is 13.7. The van der Waals surface area contributed by atoms with Gasteiger partial charge in [0, 0.05) is 48.9 Å². The van der Waals surface area contributed by atoms with E-state index in [1.807, 2.05) is 48.5 Å². The highest BCUT2D eigenvalue weighted by Crippen LogP contribution is 2.32. The summed E-state index contributed by atoms with van der Waals surface area (Å²) in [6.07, 6.45) is 5.80. The Labute approximate surface area is 234 Å². The lowest BCUT2D eigenvalue weighted by atomic mass is 9.81. The van der Waals surface area contributed by atoms with E-state index in [2.05, 4.69) is 10.1 Å². The Morgan fingerprint density at radius 1 is 1.05 bits per heavy atom. The van der Waals surface area contributed by atoms with Gasteiger partial charge < -0.3 is 14.5 Å². The van der Waals surface area contributed by atoms with E-state index in [0.29, 0.717) is 24.9 Å². The number of nitrogens with zero attached hydrogens (tertiary/aromatic N) is 3. The summed E-state index contributed by atoms with van der Waals surface area (Å²) in [5.74, 6) is -1.18. The SMILES string of the molecule is CON=C1CCc2ccc(C(CC(=O)C3CCCN(C(=O)OCc4ccccc4)C3)C(=O)c3ccncc3)cc21. The molecule has 2 unspecified atom stereocenters. The molecule has 2 atom stereocenters. The molecule has 1 aromatic heterocycles. The van der Waals surface area contributed by atoms with Crippen LogP contribution in [0, 0.1) is 5.92 Å². The molecule has 8 nitrogen and oxygen atoms in total. The van der Waals surface area contributed by atoms with Crippen molar-refractivity contribution in [1.29, 1.82) is 0 Å². The van der Waals surface area contributed by atoms with Crippen molar-refractivity contribution in [3.63, 3.8) is 0 Å². The second-order valence-corrected chi connectivity index (χ2v) is 10.3. The Bertz CT molecular complexity index is 1390.